The number of fused-ring (bicyclic) bond motifs is 1. The highest BCUT2D eigenvalue weighted by Gasteiger charge is 2.20. The second-order valence-electron chi connectivity index (χ2n) is 8.15. The third-order valence-corrected chi connectivity index (χ3v) is 7.06. The number of hydrogen-bond acceptors (Lipinski definition) is 7. The number of nitrogens with one attached hydrogen (secondary N) is 2. The van der Waals surface area contributed by atoms with Gasteiger partial charge in [0.2, 0.25) is 0 Å². The van der Waals surface area contributed by atoms with Gasteiger partial charge in [0.25, 0.3) is 0 Å². The molecule has 3 aromatic heterocycles. The molecule has 0 atom stereocenters. The van der Waals surface area contributed by atoms with Gasteiger partial charge in [-0.05, 0) is 73.7 Å². The van der Waals surface area contributed by atoms with Gasteiger partial charge in [0.05, 0.1) is 16.3 Å². The number of rotatable bonds is 6. The van der Waals surface area contributed by atoms with Gasteiger partial charge < -0.3 is 15.7 Å². The van der Waals surface area contributed by atoms with Crippen LogP contribution in [0.5, 0.6) is 0 Å². The largest absolute Gasteiger partial charge is 0.393 e. The molecule has 3 N–H and O–H groups in total. The second-order valence-corrected chi connectivity index (χ2v) is 10.1. The molecule has 3 heterocycles. The Balaban J connectivity index is 1.42. The Bertz CT molecular complexity index is 1210. The minimum Gasteiger partial charge on any atom is -0.393 e. The SMILES string of the molecule is O[C@H]1CC[C@H](Nc2cc(Cc3ccccn3)cc(Nc3nc4ccc(Br)cc4s3)n2)CC1. The molecule has 164 valence electrons. The Hall–Kier alpha value is -2.55. The number of halogens is 1. The third kappa shape index (κ3) is 5.26. The predicted molar refractivity (Wildman–Crippen MR) is 134 cm³/mol. The smallest absolute Gasteiger partial charge is 0.189 e. The zero-order valence-electron chi connectivity index (χ0n) is 17.5. The lowest BCUT2D eigenvalue weighted by Gasteiger charge is -2.27. The van der Waals surface area contributed by atoms with Crippen LogP contribution in [-0.2, 0) is 6.42 Å². The van der Waals surface area contributed by atoms with E-state index in [2.05, 4.69) is 49.7 Å². The fourth-order valence-electron chi connectivity index (χ4n) is 4.03. The number of benzene rings is 1. The summed E-state index contributed by atoms with van der Waals surface area (Å²) < 4.78 is 2.16. The summed E-state index contributed by atoms with van der Waals surface area (Å²) >= 11 is 5.13. The summed E-state index contributed by atoms with van der Waals surface area (Å²) in [6.07, 6.45) is 5.93. The van der Waals surface area contributed by atoms with Crippen LogP contribution in [0.15, 0.2) is 59.2 Å². The van der Waals surface area contributed by atoms with Crippen molar-refractivity contribution >= 4 is 54.3 Å². The maximum atomic E-state index is 9.82. The van der Waals surface area contributed by atoms with Crippen LogP contribution >= 0.6 is 27.3 Å². The molecule has 1 saturated carbocycles. The van der Waals surface area contributed by atoms with Crippen LogP contribution in [-0.4, -0.2) is 32.2 Å². The molecule has 0 spiro atoms. The standard InChI is InChI=1S/C24H24BrN5OS/c25-16-4-9-20-21(14-16)32-24(28-20)30-23-13-15(11-18-3-1-2-10-26-18)12-22(29-23)27-17-5-7-19(31)8-6-17/h1-4,9-10,12-14,17,19,31H,5-8,11H2,(H2,27,28,29,30)/t17-,19-. The van der Waals surface area contributed by atoms with Crippen molar-refractivity contribution in [3.63, 3.8) is 0 Å². The van der Waals surface area contributed by atoms with E-state index in [0.717, 1.165) is 74.8 Å². The summed E-state index contributed by atoms with van der Waals surface area (Å²) in [5.41, 5.74) is 3.11. The van der Waals surface area contributed by atoms with Gasteiger partial charge in [-0.2, -0.15) is 0 Å². The Morgan fingerprint density at radius 2 is 1.84 bits per heavy atom. The molecule has 1 fully saturated rings. The Morgan fingerprint density at radius 1 is 1.00 bits per heavy atom. The van der Waals surface area contributed by atoms with Gasteiger partial charge in [0.15, 0.2) is 5.13 Å². The van der Waals surface area contributed by atoms with Gasteiger partial charge in [0, 0.05) is 28.8 Å². The summed E-state index contributed by atoms with van der Waals surface area (Å²) in [5.74, 6) is 1.60. The first-order valence-electron chi connectivity index (χ1n) is 10.8. The van der Waals surface area contributed by atoms with Gasteiger partial charge >= 0.3 is 0 Å². The lowest BCUT2D eigenvalue weighted by atomic mass is 9.93. The molecule has 0 saturated heterocycles. The highest BCUT2D eigenvalue weighted by atomic mass is 79.9. The number of pyridine rings is 2. The van der Waals surface area contributed by atoms with Crippen molar-refractivity contribution in [1.82, 2.24) is 15.0 Å². The van der Waals surface area contributed by atoms with Crippen molar-refractivity contribution < 1.29 is 5.11 Å². The normalized spacial score (nSPS) is 18.6. The molecule has 0 radical (unpaired) electrons. The molecule has 1 aliphatic rings. The van der Waals surface area contributed by atoms with E-state index in [0.29, 0.717) is 6.04 Å². The van der Waals surface area contributed by atoms with Gasteiger partial charge in [-0.15, -0.1) is 0 Å². The summed E-state index contributed by atoms with van der Waals surface area (Å²) in [6, 6.07) is 16.5. The highest BCUT2D eigenvalue weighted by molar-refractivity contribution is 9.10. The van der Waals surface area contributed by atoms with Crippen molar-refractivity contribution in [2.75, 3.05) is 10.6 Å². The molecule has 0 bridgehead atoms. The maximum absolute atomic E-state index is 9.82. The first kappa shape index (κ1) is 21.3. The fraction of sp³-hybridized carbons (Fsp3) is 0.292. The molecule has 0 amide bonds. The van der Waals surface area contributed by atoms with E-state index in [-0.39, 0.29) is 6.10 Å². The fourth-order valence-corrected chi connectivity index (χ4v) is 5.45. The molecule has 8 heteroatoms. The van der Waals surface area contributed by atoms with Gasteiger partial charge in [-0.3, -0.25) is 4.98 Å². The molecule has 4 aromatic rings. The van der Waals surface area contributed by atoms with E-state index in [9.17, 15) is 5.11 Å². The van der Waals surface area contributed by atoms with E-state index in [1.807, 2.05) is 36.5 Å². The number of anilines is 3. The third-order valence-electron chi connectivity index (χ3n) is 5.63. The first-order valence-corrected chi connectivity index (χ1v) is 12.4. The molecular weight excluding hydrogens is 486 g/mol. The van der Waals surface area contributed by atoms with Gasteiger partial charge in [-0.1, -0.05) is 33.3 Å². The van der Waals surface area contributed by atoms with Gasteiger partial charge in [0.1, 0.15) is 11.6 Å². The molecule has 32 heavy (non-hydrogen) atoms. The number of aliphatic hydroxyl groups is 1. The molecule has 0 unspecified atom stereocenters. The summed E-state index contributed by atoms with van der Waals surface area (Å²) in [4.78, 5) is 14.0. The van der Waals surface area contributed by atoms with Crippen molar-refractivity contribution in [3.05, 3.63) is 70.5 Å². The summed E-state index contributed by atoms with van der Waals surface area (Å²) in [5, 5.41) is 17.6. The van der Waals surface area contributed by atoms with Crippen LogP contribution in [0.1, 0.15) is 36.9 Å². The zero-order valence-corrected chi connectivity index (χ0v) is 19.9. The number of aromatic nitrogens is 3. The van der Waals surface area contributed by atoms with Crippen molar-refractivity contribution in [1.29, 1.82) is 0 Å². The van der Waals surface area contributed by atoms with Crippen LogP contribution < -0.4 is 10.6 Å². The zero-order chi connectivity index (χ0) is 21.9. The first-order chi connectivity index (χ1) is 15.6. The van der Waals surface area contributed by atoms with E-state index in [1.165, 1.54) is 0 Å². The molecule has 5 rings (SSSR count). The van der Waals surface area contributed by atoms with Crippen LogP contribution in [0.3, 0.4) is 0 Å². The lowest BCUT2D eigenvalue weighted by Crippen LogP contribution is -2.28. The van der Waals surface area contributed by atoms with Crippen molar-refractivity contribution in [3.8, 4) is 0 Å². The Labute approximate surface area is 199 Å². The number of thiazole rings is 1. The predicted octanol–water partition coefficient (Wildman–Crippen LogP) is 5.90. The topological polar surface area (TPSA) is 83.0 Å². The number of nitrogens with zero attached hydrogens (tertiary/aromatic N) is 3. The molecule has 6 nitrogen and oxygen atoms in total. The van der Waals surface area contributed by atoms with E-state index >= 15 is 0 Å². The Kier molecular flexibility index (Phi) is 6.34. The van der Waals surface area contributed by atoms with E-state index in [1.54, 1.807) is 11.3 Å². The van der Waals surface area contributed by atoms with Crippen LogP contribution in [0.4, 0.5) is 16.8 Å². The molecular formula is C24H24BrN5OS. The van der Waals surface area contributed by atoms with Crippen LogP contribution in [0.2, 0.25) is 0 Å². The van der Waals surface area contributed by atoms with E-state index < -0.39 is 0 Å². The Morgan fingerprint density at radius 3 is 2.66 bits per heavy atom. The minimum absolute atomic E-state index is 0.173. The van der Waals surface area contributed by atoms with E-state index in [4.69, 9.17) is 9.97 Å². The van der Waals surface area contributed by atoms with Crippen molar-refractivity contribution in [2.24, 2.45) is 0 Å². The average molecular weight is 510 g/mol. The number of aliphatic hydroxyl groups excluding tert-OH is 1. The molecule has 1 aromatic carbocycles. The quantitative estimate of drug-likeness (QED) is 0.300. The monoisotopic (exact) mass is 509 g/mol. The minimum atomic E-state index is -0.173. The summed E-state index contributed by atoms with van der Waals surface area (Å²) in [6.45, 7) is 0. The molecule has 1 aliphatic carbocycles. The number of hydrogen-bond donors (Lipinski definition) is 3. The van der Waals surface area contributed by atoms with Crippen LogP contribution in [0, 0.1) is 0 Å². The highest BCUT2D eigenvalue weighted by Crippen LogP contribution is 2.31. The van der Waals surface area contributed by atoms with Crippen LogP contribution in [0.25, 0.3) is 10.2 Å². The molecule has 0 aliphatic heterocycles. The second kappa shape index (κ2) is 9.52. The van der Waals surface area contributed by atoms with Crippen molar-refractivity contribution in [2.45, 2.75) is 44.2 Å². The van der Waals surface area contributed by atoms with Gasteiger partial charge in [-0.25, -0.2) is 9.97 Å². The maximum Gasteiger partial charge on any atom is 0.189 e. The lowest BCUT2D eigenvalue weighted by molar-refractivity contribution is 0.126. The summed E-state index contributed by atoms with van der Waals surface area (Å²) in [7, 11) is 0. The average Bonchev–Trinajstić information content (AvgIpc) is 3.17.